The second-order valence-corrected chi connectivity index (χ2v) is 5.85. The molecule has 1 saturated heterocycles. The van der Waals surface area contributed by atoms with E-state index in [1.165, 1.54) is 5.56 Å². The van der Waals surface area contributed by atoms with Crippen LogP contribution in [0.1, 0.15) is 39.2 Å². The van der Waals surface area contributed by atoms with Gasteiger partial charge in [-0.3, -0.25) is 0 Å². The molecule has 3 heteroatoms. The molecular formula is C15H21NO2. The smallest absolute Gasteiger partial charge is 0.328 e. The minimum atomic E-state index is -0.168. The lowest BCUT2D eigenvalue weighted by Crippen LogP contribution is -2.34. The van der Waals surface area contributed by atoms with E-state index >= 15 is 0 Å². The van der Waals surface area contributed by atoms with Crippen molar-refractivity contribution in [1.29, 1.82) is 0 Å². The average Bonchev–Trinajstić information content (AvgIpc) is 2.81. The Labute approximate surface area is 109 Å². The number of benzene rings is 1. The third-order valence-electron chi connectivity index (χ3n) is 3.26. The van der Waals surface area contributed by atoms with E-state index in [0.29, 0.717) is 5.75 Å². The molecule has 1 aliphatic rings. The monoisotopic (exact) mass is 247 g/mol. The summed E-state index contributed by atoms with van der Waals surface area (Å²) in [4.78, 5) is 11.9. The number of carbonyl (C=O) groups excluding carboxylic acids is 1. The Hall–Kier alpha value is -1.35. The summed E-state index contributed by atoms with van der Waals surface area (Å²) in [5, 5.41) is 3.15. The minimum absolute atomic E-state index is 0.0635. The standard InChI is InChI=1S/C15H21NO2/c1-15(2,3)11-6-4-7-12(10-11)18-14(17)13-8-5-9-16-13/h4,6-7,10,13,16H,5,8-9H2,1-3H3. The molecule has 1 atom stereocenters. The van der Waals surface area contributed by atoms with Crippen molar-refractivity contribution in [2.75, 3.05) is 6.54 Å². The molecule has 0 saturated carbocycles. The predicted octanol–water partition coefficient (Wildman–Crippen LogP) is 2.64. The molecule has 0 aliphatic carbocycles. The van der Waals surface area contributed by atoms with Gasteiger partial charge in [0.15, 0.2) is 0 Å². The van der Waals surface area contributed by atoms with Crippen LogP contribution in [0.25, 0.3) is 0 Å². The highest BCUT2D eigenvalue weighted by molar-refractivity contribution is 5.78. The summed E-state index contributed by atoms with van der Waals surface area (Å²) in [7, 11) is 0. The van der Waals surface area contributed by atoms with Crippen LogP contribution in [-0.4, -0.2) is 18.6 Å². The second kappa shape index (κ2) is 5.11. The fraction of sp³-hybridized carbons (Fsp3) is 0.533. The summed E-state index contributed by atoms with van der Waals surface area (Å²) in [6.07, 6.45) is 1.92. The van der Waals surface area contributed by atoms with Gasteiger partial charge in [0.05, 0.1) is 0 Å². The van der Waals surface area contributed by atoms with Crippen molar-refractivity contribution in [3.05, 3.63) is 29.8 Å². The third-order valence-corrected chi connectivity index (χ3v) is 3.26. The van der Waals surface area contributed by atoms with Gasteiger partial charge in [-0.25, -0.2) is 4.79 Å². The van der Waals surface area contributed by atoms with Crippen molar-refractivity contribution in [2.45, 2.75) is 45.1 Å². The van der Waals surface area contributed by atoms with Gasteiger partial charge in [-0.15, -0.1) is 0 Å². The van der Waals surface area contributed by atoms with Gasteiger partial charge in [0.2, 0.25) is 0 Å². The Morgan fingerprint density at radius 3 is 2.78 bits per heavy atom. The van der Waals surface area contributed by atoms with Crippen molar-refractivity contribution in [1.82, 2.24) is 5.32 Å². The van der Waals surface area contributed by atoms with Crippen molar-refractivity contribution >= 4 is 5.97 Å². The van der Waals surface area contributed by atoms with Crippen LogP contribution in [0.4, 0.5) is 0 Å². The van der Waals surface area contributed by atoms with Gasteiger partial charge in [0, 0.05) is 0 Å². The molecule has 1 heterocycles. The average molecular weight is 247 g/mol. The highest BCUT2D eigenvalue weighted by atomic mass is 16.5. The number of nitrogens with one attached hydrogen (secondary N) is 1. The van der Waals surface area contributed by atoms with Crippen LogP contribution in [0.2, 0.25) is 0 Å². The van der Waals surface area contributed by atoms with Crippen molar-refractivity contribution in [3.8, 4) is 5.75 Å². The molecule has 0 radical (unpaired) electrons. The number of rotatable bonds is 2. The lowest BCUT2D eigenvalue weighted by molar-refractivity contribution is -0.136. The largest absolute Gasteiger partial charge is 0.425 e. The van der Waals surface area contributed by atoms with E-state index in [0.717, 1.165) is 19.4 Å². The third kappa shape index (κ3) is 3.10. The highest BCUT2D eigenvalue weighted by Crippen LogP contribution is 2.26. The molecule has 2 rings (SSSR count). The van der Waals surface area contributed by atoms with Gasteiger partial charge < -0.3 is 10.1 Å². The zero-order valence-electron chi connectivity index (χ0n) is 11.3. The molecule has 18 heavy (non-hydrogen) atoms. The van der Waals surface area contributed by atoms with Crippen LogP contribution in [-0.2, 0) is 10.2 Å². The quantitative estimate of drug-likeness (QED) is 0.645. The summed E-state index contributed by atoms with van der Waals surface area (Å²) in [5.74, 6) is 0.472. The van der Waals surface area contributed by atoms with Crippen LogP contribution in [0.3, 0.4) is 0 Å². The summed E-state index contributed by atoms with van der Waals surface area (Å²) in [5.41, 5.74) is 1.24. The van der Waals surface area contributed by atoms with Crippen LogP contribution in [0, 0.1) is 0 Å². The van der Waals surface area contributed by atoms with E-state index in [2.05, 4.69) is 32.2 Å². The Balaban J connectivity index is 2.07. The molecule has 1 N–H and O–H groups in total. The van der Waals surface area contributed by atoms with E-state index in [4.69, 9.17) is 4.74 Å². The van der Waals surface area contributed by atoms with Gasteiger partial charge in [-0.05, 0) is 42.5 Å². The first-order chi connectivity index (χ1) is 8.47. The molecule has 0 amide bonds. The lowest BCUT2D eigenvalue weighted by Gasteiger charge is -2.19. The first-order valence-corrected chi connectivity index (χ1v) is 6.52. The predicted molar refractivity (Wildman–Crippen MR) is 71.8 cm³/mol. The molecule has 1 aromatic carbocycles. The maximum Gasteiger partial charge on any atom is 0.328 e. The molecule has 1 unspecified atom stereocenters. The fourth-order valence-corrected chi connectivity index (χ4v) is 2.10. The Morgan fingerprint density at radius 2 is 2.17 bits per heavy atom. The second-order valence-electron chi connectivity index (χ2n) is 5.85. The van der Waals surface area contributed by atoms with Gasteiger partial charge >= 0.3 is 5.97 Å². The van der Waals surface area contributed by atoms with Crippen LogP contribution >= 0.6 is 0 Å². The lowest BCUT2D eigenvalue weighted by atomic mass is 9.87. The van der Waals surface area contributed by atoms with E-state index in [1.807, 2.05) is 18.2 Å². The molecule has 1 aliphatic heterocycles. The van der Waals surface area contributed by atoms with Crippen molar-refractivity contribution in [3.63, 3.8) is 0 Å². The van der Waals surface area contributed by atoms with E-state index < -0.39 is 0 Å². The normalized spacial score (nSPS) is 19.8. The zero-order chi connectivity index (χ0) is 13.2. The summed E-state index contributed by atoms with van der Waals surface area (Å²) in [6.45, 7) is 7.34. The Kier molecular flexibility index (Phi) is 3.71. The molecular weight excluding hydrogens is 226 g/mol. The Bertz CT molecular complexity index is 428. The molecule has 3 nitrogen and oxygen atoms in total. The summed E-state index contributed by atoms with van der Waals surface area (Å²) < 4.78 is 5.43. The minimum Gasteiger partial charge on any atom is -0.425 e. The number of esters is 1. The number of hydrogen-bond donors (Lipinski definition) is 1. The first-order valence-electron chi connectivity index (χ1n) is 6.52. The summed E-state index contributed by atoms with van der Waals surface area (Å²) >= 11 is 0. The zero-order valence-corrected chi connectivity index (χ0v) is 11.3. The SMILES string of the molecule is CC(C)(C)c1cccc(OC(=O)C2CCCN2)c1. The van der Waals surface area contributed by atoms with E-state index in [9.17, 15) is 4.79 Å². The molecule has 1 aromatic rings. The maximum atomic E-state index is 11.9. The number of hydrogen-bond acceptors (Lipinski definition) is 3. The first kappa shape index (κ1) is 13.1. The van der Waals surface area contributed by atoms with Gasteiger partial charge in [0.1, 0.15) is 11.8 Å². The van der Waals surface area contributed by atoms with Crippen molar-refractivity contribution in [2.24, 2.45) is 0 Å². The van der Waals surface area contributed by atoms with Crippen LogP contribution in [0.5, 0.6) is 5.75 Å². The fourth-order valence-electron chi connectivity index (χ4n) is 2.10. The van der Waals surface area contributed by atoms with Gasteiger partial charge in [0.25, 0.3) is 0 Å². The van der Waals surface area contributed by atoms with Crippen LogP contribution < -0.4 is 10.1 Å². The van der Waals surface area contributed by atoms with Gasteiger partial charge in [-0.1, -0.05) is 32.9 Å². The number of ether oxygens (including phenoxy) is 1. The molecule has 0 bridgehead atoms. The highest BCUT2D eigenvalue weighted by Gasteiger charge is 2.24. The number of carbonyl (C=O) groups is 1. The Morgan fingerprint density at radius 1 is 1.39 bits per heavy atom. The molecule has 98 valence electrons. The topological polar surface area (TPSA) is 38.3 Å². The molecule has 1 fully saturated rings. The summed E-state index contributed by atoms with van der Waals surface area (Å²) in [6, 6.07) is 7.65. The maximum absolute atomic E-state index is 11.9. The molecule has 0 aromatic heterocycles. The van der Waals surface area contributed by atoms with Gasteiger partial charge in [-0.2, -0.15) is 0 Å². The molecule has 0 spiro atoms. The van der Waals surface area contributed by atoms with E-state index in [1.54, 1.807) is 0 Å². The van der Waals surface area contributed by atoms with Crippen LogP contribution in [0.15, 0.2) is 24.3 Å². The van der Waals surface area contributed by atoms with E-state index in [-0.39, 0.29) is 17.4 Å². The van der Waals surface area contributed by atoms with Crippen molar-refractivity contribution < 1.29 is 9.53 Å².